The number of benzene rings is 1. The molecule has 1 spiro atoms. The van der Waals surface area contributed by atoms with Crippen molar-refractivity contribution in [1.29, 1.82) is 0 Å². The third-order valence-electron chi connectivity index (χ3n) is 5.71. The van der Waals surface area contributed by atoms with Gasteiger partial charge in [-0.05, 0) is 37.6 Å². The van der Waals surface area contributed by atoms with Gasteiger partial charge in [0.2, 0.25) is 5.91 Å². The van der Waals surface area contributed by atoms with Gasteiger partial charge >= 0.3 is 0 Å². The number of amides is 2. The Hall–Kier alpha value is -2.67. The fourth-order valence-electron chi connectivity index (χ4n) is 4.00. The number of piperidine rings is 1. The molecule has 2 saturated heterocycles. The minimum Gasteiger partial charge on any atom is -0.353 e. The SMILES string of the molecule is CN1CCNC(=O)C12CCN(C(=O)c1cccc(-c3cn[nH]c3)c1)CC2. The van der Waals surface area contributed by atoms with Crippen molar-refractivity contribution in [2.45, 2.75) is 18.4 Å². The van der Waals surface area contributed by atoms with Crippen molar-refractivity contribution in [3.05, 3.63) is 42.2 Å². The summed E-state index contributed by atoms with van der Waals surface area (Å²) in [5.74, 6) is 0.115. The molecule has 2 aromatic rings. The summed E-state index contributed by atoms with van der Waals surface area (Å²) in [5, 5.41) is 9.74. The predicted molar refractivity (Wildman–Crippen MR) is 97.5 cm³/mol. The van der Waals surface area contributed by atoms with Gasteiger partial charge < -0.3 is 10.2 Å². The molecule has 136 valence electrons. The predicted octanol–water partition coefficient (Wildman–Crippen LogP) is 1.11. The molecule has 0 saturated carbocycles. The van der Waals surface area contributed by atoms with Gasteiger partial charge in [0.25, 0.3) is 5.91 Å². The van der Waals surface area contributed by atoms with Crippen LogP contribution in [0.15, 0.2) is 36.7 Å². The maximum atomic E-state index is 12.9. The number of carbonyl (C=O) groups is 2. The van der Waals surface area contributed by atoms with Gasteiger partial charge in [-0.2, -0.15) is 5.10 Å². The fourth-order valence-corrected chi connectivity index (χ4v) is 4.00. The van der Waals surface area contributed by atoms with Crippen LogP contribution in [0, 0.1) is 0 Å². The number of hydrogen-bond donors (Lipinski definition) is 2. The third-order valence-corrected chi connectivity index (χ3v) is 5.71. The number of aromatic amines is 1. The summed E-state index contributed by atoms with van der Waals surface area (Å²) in [4.78, 5) is 29.4. The lowest BCUT2D eigenvalue weighted by atomic mass is 9.83. The van der Waals surface area contributed by atoms with Crippen LogP contribution in [0.1, 0.15) is 23.2 Å². The van der Waals surface area contributed by atoms with Crippen LogP contribution in [0.2, 0.25) is 0 Å². The smallest absolute Gasteiger partial charge is 0.253 e. The molecule has 1 aromatic heterocycles. The van der Waals surface area contributed by atoms with E-state index in [0.29, 0.717) is 38.0 Å². The van der Waals surface area contributed by atoms with Gasteiger partial charge in [0.05, 0.1) is 6.20 Å². The molecule has 7 nitrogen and oxygen atoms in total. The van der Waals surface area contributed by atoms with E-state index in [-0.39, 0.29) is 11.8 Å². The van der Waals surface area contributed by atoms with Gasteiger partial charge in [-0.1, -0.05) is 12.1 Å². The molecule has 4 rings (SSSR count). The van der Waals surface area contributed by atoms with Crippen LogP contribution < -0.4 is 5.32 Å². The number of piperazine rings is 1. The van der Waals surface area contributed by atoms with Crippen LogP contribution in [0.3, 0.4) is 0 Å². The van der Waals surface area contributed by atoms with E-state index in [2.05, 4.69) is 20.4 Å². The molecule has 7 heteroatoms. The van der Waals surface area contributed by atoms with Gasteiger partial charge in [0.1, 0.15) is 5.54 Å². The average Bonchev–Trinajstić information content (AvgIpc) is 3.21. The number of carbonyl (C=O) groups excluding carboxylic acids is 2. The molecule has 2 amide bonds. The average molecular weight is 353 g/mol. The first-order chi connectivity index (χ1) is 12.6. The van der Waals surface area contributed by atoms with Crippen LogP contribution >= 0.6 is 0 Å². The third kappa shape index (κ3) is 2.78. The fraction of sp³-hybridized carbons (Fsp3) is 0.421. The highest BCUT2D eigenvalue weighted by Crippen LogP contribution is 2.31. The van der Waals surface area contributed by atoms with Crippen LogP contribution in [-0.2, 0) is 4.79 Å². The Bertz CT molecular complexity index is 809. The van der Waals surface area contributed by atoms with Crippen molar-refractivity contribution in [1.82, 2.24) is 25.3 Å². The number of hydrogen-bond acceptors (Lipinski definition) is 4. The van der Waals surface area contributed by atoms with Crippen LogP contribution in [0.25, 0.3) is 11.1 Å². The summed E-state index contributed by atoms with van der Waals surface area (Å²) in [7, 11) is 2.00. The maximum absolute atomic E-state index is 12.9. The highest BCUT2D eigenvalue weighted by molar-refractivity contribution is 5.96. The highest BCUT2D eigenvalue weighted by Gasteiger charge is 2.47. The van der Waals surface area contributed by atoms with Crippen molar-refractivity contribution in [2.75, 3.05) is 33.2 Å². The Balaban J connectivity index is 1.49. The summed E-state index contributed by atoms with van der Waals surface area (Å²) in [6.07, 6.45) is 4.89. The second kappa shape index (κ2) is 6.57. The molecule has 0 radical (unpaired) electrons. The van der Waals surface area contributed by atoms with Crippen LogP contribution in [0.5, 0.6) is 0 Å². The standard InChI is InChI=1S/C19H23N5O2/c1-23-10-7-20-18(26)19(23)5-8-24(9-6-19)17(25)15-4-2-3-14(11-15)16-12-21-22-13-16/h2-4,11-13H,5-10H2,1H3,(H,20,26)(H,21,22). The van der Waals surface area contributed by atoms with E-state index in [1.54, 1.807) is 6.20 Å². The first kappa shape index (κ1) is 16.8. The zero-order chi connectivity index (χ0) is 18.1. The molecule has 2 aliphatic heterocycles. The van der Waals surface area contributed by atoms with Gasteiger partial charge in [-0.25, -0.2) is 0 Å². The van der Waals surface area contributed by atoms with Crippen molar-refractivity contribution >= 4 is 11.8 Å². The molecule has 0 bridgehead atoms. The van der Waals surface area contributed by atoms with E-state index < -0.39 is 5.54 Å². The molecule has 2 fully saturated rings. The second-order valence-electron chi connectivity index (χ2n) is 7.07. The van der Waals surface area contributed by atoms with Crippen molar-refractivity contribution in [3.8, 4) is 11.1 Å². The van der Waals surface area contributed by atoms with Crippen molar-refractivity contribution in [2.24, 2.45) is 0 Å². The quantitative estimate of drug-likeness (QED) is 0.848. The minimum absolute atomic E-state index is 0.0177. The van der Waals surface area contributed by atoms with E-state index in [1.807, 2.05) is 42.4 Å². The number of likely N-dealkylation sites (tertiary alicyclic amines) is 1. The van der Waals surface area contributed by atoms with Crippen molar-refractivity contribution < 1.29 is 9.59 Å². The number of H-pyrrole nitrogens is 1. The summed E-state index contributed by atoms with van der Waals surface area (Å²) in [6, 6.07) is 7.60. The van der Waals surface area contributed by atoms with Crippen LogP contribution in [0.4, 0.5) is 0 Å². The molecule has 26 heavy (non-hydrogen) atoms. The lowest BCUT2D eigenvalue weighted by molar-refractivity contribution is -0.139. The highest BCUT2D eigenvalue weighted by atomic mass is 16.2. The summed E-state index contributed by atoms with van der Waals surface area (Å²) < 4.78 is 0. The number of rotatable bonds is 2. The molecular formula is C19H23N5O2. The minimum atomic E-state index is -0.465. The van der Waals surface area contributed by atoms with Gasteiger partial charge in [-0.15, -0.1) is 0 Å². The Kier molecular flexibility index (Phi) is 4.24. The van der Waals surface area contributed by atoms with E-state index in [1.165, 1.54) is 0 Å². The van der Waals surface area contributed by atoms with E-state index in [4.69, 9.17) is 0 Å². The molecule has 2 aliphatic rings. The molecular weight excluding hydrogens is 330 g/mol. The van der Waals surface area contributed by atoms with Crippen LogP contribution in [-0.4, -0.2) is 70.6 Å². The van der Waals surface area contributed by atoms with Gasteiger partial charge in [0, 0.05) is 43.5 Å². The zero-order valence-corrected chi connectivity index (χ0v) is 14.9. The Labute approximate surface area is 152 Å². The Morgan fingerprint density at radius 2 is 2.00 bits per heavy atom. The Morgan fingerprint density at radius 1 is 1.19 bits per heavy atom. The number of likely N-dealkylation sites (N-methyl/N-ethyl adjacent to an activating group) is 1. The Morgan fingerprint density at radius 3 is 2.69 bits per heavy atom. The lowest BCUT2D eigenvalue weighted by Gasteiger charge is -2.48. The number of nitrogens with one attached hydrogen (secondary N) is 2. The molecule has 0 unspecified atom stereocenters. The lowest BCUT2D eigenvalue weighted by Crippen LogP contribution is -2.67. The summed E-state index contributed by atoms with van der Waals surface area (Å²) >= 11 is 0. The topological polar surface area (TPSA) is 81.3 Å². The molecule has 3 heterocycles. The van der Waals surface area contributed by atoms with E-state index in [9.17, 15) is 9.59 Å². The van der Waals surface area contributed by atoms with Gasteiger partial charge in [0.15, 0.2) is 0 Å². The molecule has 0 aliphatic carbocycles. The van der Waals surface area contributed by atoms with Gasteiger partial charge in [-0.3, -0.25) is 19.6 Å². The number of nitrogens with zero attached hydrogens (tertiary/aromatic N) is 3. The zero-order valence-electron chi connectivity index (χ0n) is 14.9. The molecule has 2 N–H and O–H groups in total. The monoisotopic (exact) mass is 353 g/mol. The van der Waals surface area contributed by atoms with E-state index in [0.717, 1.165) is 17.7 Å². The van der Waals surface area contributed by atoms with E-state index >= 15 is 0 Å². The maximum Gasteiger partial charge on any atom is 0.253 e. The first-order valence-corrected chi connectivity index (χ1v) is 8.98. The number of aromatic nitrogens is 2. The summed E-state index contributed by atoms with van der Waals surface area (Å²) in [5.41, 5.74) is 2.12. The largest absolute Gasteiger partial charge is 0.353 e. The summed E-state index contributed by atoms with van der Waals surface area (Å²) in [6.45, 7) is 2.73. The first-order valence-electron chi connectivity index (χ1n) is 8.98. The molecule has 0 atom stereocenters. The second-order valence-corrected chi connectivity index (χ2v) is 7.07. The van der Waals surface area contributed by atoms with Crippen molar-refractivity contribution in [3.63, 3.8) is 0 Å². The molecule has 1 aromatic carbocycles. The normalized spacial score (nSPS) is 20.2.